The van der Waals surface area contributed by atoms with Gasteiger partial charge in [0.2, 0.25) is 5.91 Å². The lowest BCUT2D eigenvalue weighted by Gasteiger charge is -1.99. The molecule has 0 aromatic heterocycles. The van der Waals surface area contributed by atoms with Crippen LogP contribution < -0.4 is 5.32 Å². The topological polar surface area (TPSA) is 46.2 Å². The van der Waals surface area contributed by atoms with Gasteiger partial charge in [-0.15, -0.1) is 0 Å². The summed E-state index contributed by atoms with van der Waals surface area (Å²) in [4.78, 5) is 23.1. The van der Waals surface area contributed by atoms with E-state index >= 15 is 0 Å². The molecule has 1 aliphatic heterocycles. The molecule has 0 saturated carbocycles. The zero-order chi connectivity index (χ0) is 12.3. The van der Waals surface area contributed by atoms with Crippen LogP contribution in [-0.2, 0) is 4.79 Å². The largest absolute Gasteiger partial charge is 0.356 e. The summed E-state index contributed by atoms with van der Waals surface area (Å²) < 4.78 is 0.938. The fraction of sp³-hybridized carbons (Fsp3) is 0.231. The third-order valence-corrected chi connectivity index (χ3v) is 3.23. The molecule has 1 atom stereocenters. The third-order valence-electron chi connectivity index (χ3n) is 2.70. The summed E-state index contributed by atoms with van der Waals surface area (Å²) in [5.41, 5.74) is 0.628. The third kappa shape index (κ3) is 3.03. The van der Waals surface area contributed by atoms with Crippen LogP contribution in [0.25, 0.3) is 0 Å². The molecule has 2 rings (SSSR count). The van der Waals surface area contributed by atoms with Crippen molar-refractivity contribution in [2.45, 2.75) is 6.42 Å². The molecule has 1 heterocycles. The van der Waals surface area contributed by atoms with Gasteiger partial charge in [0.15, 0.2) is 5.78 Å². The van der Waals surface area contributed by atoms with Gasteiger partial charge in [0.1, 0.15) is 0 Å². The molecule has 88 valence electrons. The molecule has 0 aliphatic carbocycles. The van der Waals surface area contributed by atoms with E-state index in [0.717, 1.165) is 10.9 Å². The molecule has 0 spiro atoms. The minimum atomic E-state index is -0.158. The van der Waals surface area contributed by atoms with Crippen LogP contribution in [0.15, 0.2) is 40.9 Å². The van der Waals surface area contributed by atoms with Crippen molar-refractivity contribution in [2.24, 2.45) is 5.92 Å². The van der Waals surface area contributed by atoms with Crippen LogP contribution >= 0.6 is 15.9 Å². The van der Waals surface area contributed by atoms with Crippen molar-refractivity contribution in [1.82, 2.24) is 5.32 Å². The number of rotatable bonds is 3. The van der Waals surface area contributed by atoms with Crippen molar-refractivity contribution in [2.75, 3.05) is 6.54 Å². The highest BCUT2D eigenvalue weighted by Crippen LogP contribution is 2.13. The Kier molecular flexibility index (Phi) is 3.74. The van der Waals surface area contributed by atoms with E-state index in [9.17, 15) is 9.59 Å². The van der Waals surface area contributed by atoms with Gasteiger partial charge < -0.3 is 5.32 Å². The van der Waals surface area contributed by atoms with Gasteiger partial charge in [0.25, 0.3) is 0 Å². The molecule has 4 heteroatoms. The summed E-state index contributed by atoms with van der Waals surface area (Å²) in [7, 11) is 0. The lowest BCUT2D eigenvalue weighted by Crippen LogP contribution is -2.17. The van der Waals surface area contributed by atoms with Crippen molar-refractivity contribution in [3.8, 4) is 0 Å². The Labute approximate surface area is 108 Å². The quantitative estimate of drug-likeness (QED) is 0.687. The van der Waals surface area contributed by atoms with Crippen LogP contribution in [0, 0.1) is 5.92 Å². The van der Waals surface area contributed by atoms with E-state index in [1.807, 2.05) is 12.1 Å². The average Bonchev–Trinajstić information content (AvgIpc) is 2.73. The van der Waals surface area contributed by atoms with Gasteiger partial charge in [0.05, 0.1) is 5.92 Å². The summed E-state index contributed by atoms with van der Waals surface area (Å²) in [5, 5.41) is 2.73. The summed E-state index contributed by atoms with van der Waals surface area (Å²) >= 11 is 3.31. The van der Waals surface area contributed by atoms with Gasteiger partial charge >= 0.3 is 0 Å². The molecular weight excluding hydrogens is 282 g/mol. The van der Waals surface area contributed by atoms with Crippen molar-refractivity contribution in [1.29, 1.82) is 0 Å². The second kappa shape index (κ2) is 5.27. The van der Waals surface area contributed by atoms with Gasteiger partial charge in [-0.1, -0.05) is 22.0 Å². The van der Waals surface area contributed by atoms with Gasteiger partial charge in [-0.3, -0.25) is 9.59 Å². The molecule has 1 aromatic carbocycles. The Morgan fingerprint density at radius 3 is 2.65 bits per heavy atom. The highest BCUT2D eigenvalue weighted by Gasteiger charge is 2.21. The van der Waals surface area contributed by atoms with Crippen LogP contribution in [0.2, 0.25) is 0 Å². The molecule has 1 saturated heterocycles. The maximum absolute atomic E-state index is 11.8. The summed E-state index contributed by atoms with van der Waals surface area (Å²) in [6.45, 7) is 0.695. The van der Waals surface area contributed by atoms with Crippen molar-refractivity contribution in [3.63, 3.8) is 0 Å². The highest BCUT2D eigenvalue weighted by atomic mass is 79.9. The van der Waals surface area contributed by atoms with Crippen LogP contribution in [0.4, 0.5) is 0 Å². The number of nitrogens with one attached hydrogen (secondary N) is 1. The maximum Gasteiger partial charge on any atom is 0.227 e. The van der Waals surface area contributed by atoms with Crippen LogP contribution in [0.3, 0.4) is 0 Å². The Morgan fingerprint density at radius 1 is 1.35 bits per heavy atom. The summed E-state index contributed by atoms with van der Waals surface area (Å²) in [6.07, 6.45) is 3.94. The predicted molar refractivity (Wildman–Crippen MR) is 68.7 cm³/mol. The number of hydrogen-bond donors (Lipinski definition) is 1. The first-order chi connectivity index (χ1) is 8.16. The Hall–Kier alpha value is -1.42. The van der Waals surface area contributed by atoms with E-state index in [0.29, 0.717) is 12.1 Å². The molecular formula is C13H12BrNO2. The van der Waals surface area contributed by atoms with E-state index in [4.69, 9.17) is 0 Å². The first-order valence-corrected chi connectivity index (χ1v) is 6.22. The Morgan fingerprint density at radius 2 is 2.06 bits per heavy atom. The SMILES string of the molecule is O=C(C=CC1CCNC1=O)c1ccc(Br)cc1. The molecule has 3 nitrogen and oxygen atoms in total. The van der Waals surface area contributed by atoms with Crippen LogP contribution in [-0.4, -0.2) is 18.2 Å². The van der Waals surface area contributed by atoms with Crippen LogP contribution in [0.5, 0.6) is 0 Å². The number of carbonyl (C=O) groups is 2. The second-order valence-corrected chi connectivity index (χ2v) is 4.83. The van der Waals surface area contributed by atoms with E-state index in [2.05, 4.69) is 21.2 Å². The van der Waals surface area contributed by atoms with Gasteiger partial charge in [-0.25, -0.2) is 0 Å². The number of hydrogen-bond acceptors (Lipinski definition) is 2. The van der Waals surface area contributed by atoms with Gasteiger partial charge in [0, 0.05) is 16.6 Å². The molecule has 1 aromatic rings. The van der Waals surface area contributed by atoms with E-state index in [1.165, 1.54) is 6.08 Å². The molecule has 1 unspecified atom stereocenters. The second-order valence-electron chi connectivity index (χ2n) is 3.92. The number of allylic oxidation sites excluding steroid dienone is 1. The molecule has 0 bridgehead atoms. The van der Waals surface area contributed by atoms with Crippen molar-refractivity contribution >= 4 is 27.6 Å². The maximum atomic E-state index is 11.8. The summed E-state index contributed by atoms with van der Waals surface area (Å²) in [5.74, 6) is -0.226. The fourth-order valence-electron chi connectivity index (χ4n) is 1.71. The Bertz CT molecular complexity index is 465. The molecule has 1 N–H and O–H groups in total. The van der Waals surface area contributed by atoms with E-state index in [1.54, 1.807) is 18.2 Å². The minimum Gasteiger partial charge on any atom is -0.356 e. The standard InChI is InChI=1S/C13H12BrNO2/c14-11-4-1-9(2-5-11)12(16)6-3-10-7-8-15-13(10)17/h1-6,10H,7-8H2,(H,15,17). The molecule has 17 heavy (non-hydrogen) atoms. The molecule has 1 fully saturated rings. The number of carbonyl (C=O) groups excluding carboxylic acids is 2. The first kappa shape index (κ1) is 12.0. The van der Waals surface area contributed by atoms with Gasteiger partial charge in [-0.05, 0) is 36.8 Å². The fourth-order valence-corrected chi connectivity index (χ4v) is 1.97. The normalized spacial score (nSPS) is 19.6. The summed E-state index contributed by atoms with van der Waals surface area (Å²) in [6, 6.07) is 7.16. The van der Waals surface area contributed by atoms with Crippen molar-refractivity contribution in [3.05, 3.63) is 46.5 Å². The molecule has 0 radical (unpaired) electrons. The average molecular weight is 294 g/mol. The first-order valence-electron chi connectivity index (χ1n) is 5.42. The number of halogens is 1. The lowest BCUT2D eigenvalue weighted by molar-refractivity contribution is -0.121. The minimum absolute atomic E-state index is 0.00450. The zero-order valence-corrected chi connectivity index (χ0v) is 10.7. The molecule has 1 amide bonds. The predicted octanol–water partition coefficient (Wildman–Crippen LogP) is 2.32. The van der Waals surface area contributed by atoms with E-state index < -0.39 is 0 Å². The number of ketones is 1. The monoisotopic (exact) mass is 293 g/mol. The highest BCUT2D eigenvalue weighted by molar-refractivity contribution is 9.10. The number of amides is 1. The smallest absolute Gasteiger partial charge is 0.227 e. The Balaban J connectivity index is 2.03. The number of benzene rings is 1. The zero-order valence-electron chi connectivity index (χ0n) is 9.15. The van der Waals surface area contributed by atoms with Gasteiger partial charge in [-0.2, -0.15) is 0 Å². The lowest BCUT2D eigenvalue weighted by atomic mass is 10.1. The van der Waals surface area contributed by atoms with Crippen LogP contribution in [0.1, 0.15) is 16.8 Å². The van der Waals surface area contributed by atoms with E-state index in [-0.39, 0.29) is 17.6 Å². The molecule has 1 aliphatic rings. The van der Waals surface area contributed by atoms with Crippen molar-refractivity contribution < 1.29 is 9.59 Å².